The Morgan fingerprint density at radius 2 is 2.09 bits per heavy atom. The molecule has 170 valence electrons. The van der Waals surface area contributed by atoms with Crippen LogP contribution in [0.2, 0.25) is 0 Å². The van der Waals surface area contributed by atoms with E-state index in [0.717, 1.165) is 12.5 Å². The van der Waals surface area contributed by atoms with Gasteiger partial charge in [0.2, 0.25) is 5.43 Å². The summed E-state index contributed by atoms with van der Waals surface area (Å²) in [7, 11) is 0. The number of nitrogens with zero attached hydrogens (tertiary/aromatic N) is 2. The van der Waals surface area contributed by atoms with Crippen LogP contribution in [-0.4, -0.2) is 45.3 Å². The van der Waals surface area contributed by atoms with Crippen LogP contribution in [0, 0.1) is 17.6 Å². The quantitative estimate of drug-likeness (QED) is 0.730. The fraction of sp³-hybridized carbons (Fsp3) is 0.409. The monoisotopic (exact) mass is 447 g/mol. The standard InChI is InChI=1S/C22H23F2N3O5/c1-3-11(2)16-10-32-17-9-26-8-14(19(28)20(29)18(26)22(31)27(16)17)21(30)25-7-12-4-5-13(23)6-15(12)24/h4-6,8,11,16-17,29H,3,7,9-10H2,1-2H3,(H,25,30)/t11-,16+,17+/m0/s1. The van der Waals surface area contributed by atoms with E-state index in [1.807, 2.05) is 13.8 Å². The topological polar surface area (TPSA) is 101 Å². The van der Waals surface area contributed by atoms with Gasteiger partial charge in [-0.2, -0.15) is 0 Å². The number of nitrogens with one attached hydrogen (secondary N) is 1. The van der Waals surface area contributed by atoms with E-state index in [2.05, 4.69) is 5.32 Å². The van der Waals surface area contributed by atoms with Crippen LogP contribution >= 0.6 is 0 Å². The average molecular weight is 447 g/mol. The number of aromatic hydroxyl groups is 1. The molecule has 0 bridgehead atoms. The van der Waals surface area contributed by atoms with Crippen molar-refractivity contribution >= 4 is 11.8 Å². The minimum atomic E-state index is -1.000. The number of aromatic nitrogens is 1. The highest BCUT2D eigenvalue weighted by Crippen LogP contribution is 2.33. The third-order valence-corrected chi connectivity index (χ3v) is 6.17. The highest BCUT2D eigenvalue weighted by Gasteiger charge is 2.45. The Kier molecular flexibility index (Phi) is 5.72. The Morgan fingerprint density at radius 1 is 1.34 bits per heavy atom. The van der Waals surface area contributed by atoms with Crippen molar-refractivity contribution < 1.29 is 28.2 Å². The molecule has 2 aliphatic rings. The van der Waals surface area contributed by atoms with Crippen molar-refractivity contribution in [1.29, 1.82) is 0 Å². The average Bonchev–Trinajstić information content (AvgIpc) is 3.19. The molecule has 0 saturated carbocycles. The third kappa shape index (κ3) is 3.64. The van der Waals surface area contributed by atoms with Gasteiger partial charge in [0.25, 0.3) is 11.8 Å². The van der Waals surface area contributed by atoms with Gasteiger partial charge in [-0.15, -0.1) is 0 Å². The van der Waals surface area contributed by atoms with Crippen LogP contribution in [0.25, 0.3) is 0 Å². The molecule has 1 fully saturated rings. The molecule has 3 atom stereocenters. The zero-order chi connectivity index (χ0) is 23.2. The molecule has 0 spiro atoms. The van der Waals surface area contributed by atoms with Gasteiger partial charge in [-0.3, -0.25) is 14.4 Å². The summed E-state index contributed by atoms with van der Waals surface area (Å²) < 4.78 is 34.0. The molecular weight excluding hydrogens is 424 g/mol. The predicted molar refractivity (Wildman–Crippen MR) is 109 cm³/mol. The first-order valence-corrected chi connectivity index (χ1v) is 10.4. The summed E-state index contributed by atoms with van der Waals surface area (Å²) in [5, 5.41) is 12.9. The molecule has 10 heteroatoms. The Morgan fingerprint density at radius 3 is 2.78 bits per heavy atom. The summed E-state index contributed by atoms with van der Waals surface area (Å²) in [6.45, 7) is 4.21. The number of hydrogen-bond acceptors (Lipinski definition) is 5. The molecule has 1 aromatic heterocycles. The largest absolute Gasteiger partial charge is 0.503 e. The van der Waals surface area contributed by atoms with Crippen molar-refractivity contribution in [2.45, 2.75) is 45.6 Å². The molecule has 2 aliphatic heterocycles. The maximum atomic E-state index is 13.8. The van der Waals surface area contributed by atoms with Crippen LogP contribution in [0.15, 0.2) is 29.2 Å². The molecule has 3 heterocycles. The molecular formula is C22H23F2N3O5. The lowest BCUT2D eigenvalue weighted by atomic mass is 9.98. The maximum absolute atomic E-state index is 13.8. The molecule has 0 aliphatic carbocycles. The van der Waals surface area contributed by atoms with Crippen molar-refractivity contribution in [1.82, 2.24) is 14.8 Å². The Bertz CT molecular complexity index is 1150. The lowest BCUT2D eigenvalue weighted by molar-refractivity contribution is 0.00396. The van der Waals surface area contributed by atoms with Gasteiger partial charge in [0.1, 0.15) is 17.2 Å². The number of carbonyl (C=O) groups excluding carboxylic acids is 2. The van der Waals surface area contributed by atoms with E-state index in [4.69, 9.17) is 4.74 Å². The molecule has 0 unspecified atom stereocenters. The van der Waals surface area contributed by atoms with Crippen LogP contribution in [0.5, 0.6) is 5.75 Å². The zero-order valence-electron chi connectivity index (χ0n) is 17.6. The van der Waals surface area contributed by atoms with E-state index in [9.17, 15) is 28.3 Å². The number of fused-ring (bicyclic) bond motifs is 2. The van der Waals surface area contributed by atoms with E-state index >= 15 is 0 Å². The molecule has 2 aromatic rings. The van der Waals surface area contributed by atoms with Gasteiger partial charge in [0.15, 0.2) is 17.7 Å². The first-order chi connectivity index (χ1) is 15.2. The van der Waals surface area contributed by atoms with Crippen LogP contribution in [-0.2, 0) is 17.8 Å². The minimum Gasteiger partial charge on any atom is -0.503 e. The molecule has 4 rings (SSSR count). The number of hydrogen-bond donors (Lipinski definition) is 2. The van der Waals surface area contributed by atoms with Crippen molar-refractivity contribution in [3.8, 4) is 5.75 Å². The normalized spacial score (nSPS) is 20.6. The van der Waals surface area contributed by atoms with Gasteiger partial charge < -0.3 is 24.6 Å². The van der Waals surface area contributed by atoms with Gasteiger partial charge in [-0.1, -0.05) is 26.3 Å². The van der Waals surface area contributed by atoms with Crippen LogP contribution < -0.4 is 10.7 Å². The SMILES string of the molecule is CC[C@H](C)[C@H]1CO[C@@H]2Cn3cc(C(=O)NCc4ccc(F)cc4F)c(=O)c(O)c3C(=O)N12. The summed E-state index contributed by atoms with van der Waals surface area (Å²) in [4.78, 5) is 39.9. The number of benzene rings is 1. The van der Waals surface area contributed by atoms with Crippen LogP contribution in [0.4, 0.5) is 8.78 Å². The summed E-state index contributed by atoms with van der Waals surface area (Å²) in [6.07, 6.45) is 1.46. The predicted octanol–water partition coefficient (Wildman–Crippen LogP) is 1.99. The summed E-state index contributed by atoms with van der Waals surface area (Å²) >= 11 is 0. The summed E-state index contributed by atoms with van der Waals surface area (Å²) in [5.41, 5.74) is -1.55. The fourth-order valence-electron chi connectivity index (χ4n) is 4.12. The second kappa shape index (κ2) is 8.34. The van der Waals surface area contributed by atoms with Crippen molar-refractivity contribution in [3.05, 3.63) is 63.1 Å². The fourth-order valence-corrected chi connectivity index (χ4v) is 4.12. The van der Waals surface area contributed by atoms with Gasteiger partial charge in [-0.25, -0.2) is 8.78 Å². The molecule has 2 amide bonds. The zero-order valence-corrected chi connectivity index (χ0v) is 17.6. The number of amides is 2. The maximum Gasteiger partial charge on any atom is 0.276 e. The minimum absolute atomic E-state index is 0.0308. The first kappa shape index (κ1) is 21.9. The highest BCUT2D eigenvalue weighted by molar-refractivity contribution is 5.99. The summed E-state index contributed by atoms with van der Waals surface area (Å²) in [6, 6.07) is 2.75. The third-order valence-electron chi connectivity index (χ3n) is 6.17. The van der Waals surface area contributed by atoms with E-state index in [1.165, 1.54) is 16.8 Å². The molecule has 1 aromatic carbocycles. The van der Waals surface area contributed by atoms with Crippen LogP contribution in [0.3, 0.4) is 0 Å². The molecule has 32 heavy (non-hydrogen) atoms. The number of carbonyl (C=O) groups is 2. The molecule has 0 radical (unpaired) electrons. The van der Waals surface area contributed by atoms with E-state index in [0.29, 0.717) is 12.7 Å². The lowest BCUT2D eigenvalue weighted by Gasteiger charge is -2.36. The second-order valence-electron chi connectivity index (χ2n) is 8.09. The van der Waals surface area contributed by atoms with Gasteiger partial charge in [0.05, 0.1) is 19.2 Å². The lowest BCUT2D eigenvalue weighted by Crippen LogP contribution is -2.51. The van der Waals surface area contributed by atoms with Crippen LogP contribution in [0.1, 0.15) is 46.7 Å². The summed E-state index contributed by atoms with van der Waals surface area (Å²) in [5.74, 6) is -3.62. The molecule has 1 saturated heterocycles. The number of pyridine rings is 1. The van der Waals surface area contributed by atoms with Crippen molar-refractivity contribution in [3.63, 3.8) is 0 Å². The Labute approximate surface area is 182 Å². The number of rotatable bonds is 5. The number of halogens is 2. The van der Waals surface area contributed by atoms with E-state index in [-0.39, 0.29) is 36.3 Å². The second-order valence-corrected chi connectivity index (χ2v) is 8.09. The van der Waals surface area contributed by atoms with Crippen molar-refractivity contribution in [2.24, 2.45) is 5.92 Å². The first-order valence-electron chi connectivity index (χ1n) is 10.4. The Balaban J connectivity index is 1.61. The van der Waals surface area contributed by atoms with E-state index in [1.54, 1.807) is 4.90 Å². The highest BCUT2D eigenvalue weighted by atomic mass is 19.1. The van der Waals surface area contributed by atoms with Gasteiger partial charge in [0, 0.05) is 24.4 Å². The Hall–Kier alpha value is -3.27. The smallest absolute Gasteiger partial charge is 0.276 e. The van der Waals surface area contributed by atoms with Crippen molar-refractivity contribution in [2.75, 3.05) is 6.61 Å². The van der Waals surface area contributed by atoms with Gasteiger partial charge in [-0.05, 0) is 12.0 Å². The van der Waals surface area contributed by atoms with E-state index < -0.39 is 46.4 Å². The molecule has 2 N–H and O–H groups in total. The number of ether oxygens (including phenoxy) is 1. The molecule has 8 nitrogen and oxygen atoms in total. The van der Waals surface area contributed by atoms with Gasteiger partial charge >= 0.3 is 0 Å².